The number of carbonyl (C=O) groups is 1. The molecule has 4 rings (SSSR count). The van der Waals surface area contributed by atoms with Crippen LogP contribution in [0.1, 0.15) is 34.8 Å². The van der Waals surface area contributed by atoms with Gasteiger partial charge in [0, 0.05) is 24.0 Å². The molecule has 1 aliphatic heterocycles. The number of fused-ring (bicyclic) bond motifs is 1. The number of nitrogens with zero attached hydrogens (tertiary/aromatic N) is 2. The summed E-state index contributed by atoms with van der Waals surface area (Å²) >= 11 is 0. The Kier molecular flexibility index (Phi) is 4.53. The molecule has 1 fully saturated rings. The van der Waals surface area contributed by atoms with Gasteiger partial charge < -0.3 is 15.4 Å². The molecule has 0 aliphatic carbocycles. The van der Waals surface area contributed by atoms with E-state index < -0.39 is 0 Å². The van der Waals surface area contributed by atoms with Crippen molar-refractivity contribution >= 4 is 22.5 Å². The molecule has 1 unspecified atom stereocenters. The molecule has 0 saturated carbocycles. The maximum atomic E-state index is 12.9. The third kappa shape index (κ3) is 3.01. The number of ether oxygens (including phenoxy) is 1. The van der Waals surface area contributed by atoms with Crippen LogP contribution in [0.15, 0.2) is 36.7 Å². The summed E-state index contributed by atoms with van der Waals surface area (Å²) in [6, 6.07) is 7.41. The lowest BCUT2D eigenvalue weighted by Crippen LogP contribution is -2.29. The number of carbonyl (C=O) groups excluding carboxylic acids is 1. The Hall–Kier alpha value is -2.93. The van der Waals surface area contributed by atoms with Gasteiger partial charge in [-0.3, -0.25) is 14.9 Å². The van der Waals surface area contributed by atoms with Gasteiger partial charge in [-0.2, -0.15) is 5.10 Å². The van der Waals surface area contributed by atoms with Crippen LogP contribution in [-0.4, -0.2) is 41.3 Å². The first kappa shape index (κ1) is 16.5. The monoisotopic (exact) mass is 351 g/mol. The molecule has 0 radical (unpaired) electrons. The number of pyridine rings is 1. The zero-order valence-electron chi connectivity index (χ0n) is 14.6. The molecule has 3 heterocycles. The average Bonchev–Trinajstić information content (AvgIpc) is 3.19. The highest BCUT2D eigenvalue weighted by Gasteiger charge is 2.23. The number of piperidine rings is 1. The second-order valence-electron chi connectivity index (χ2n) is 6.41. The van der Waals surface area contributed by atoms with E-state index in [0.717, 1.165) is 42.5 Å². The molecule has 2 aromatic heterocycles. The van der Waals surface area contributed by atoms with Crippen molar-refractivity contribution in [3.8, 4) is 5.75 Å². The number of hydrogen-bond donors (Lipinski definition) is 3. The highest BCUT2D eigenvalue weighted by atomic mass is 16.5. The van der Waals surface area contributed by atoms with Crippen LogP contribution >= 0.6 is 0 Å². The van der Waals surface area contributed by atoms with Crippen LogP contribution < -0.4 is 15.4 Å². The van der Waals surface area contributed by atoms with Crippen molar-refractivity contribution in [2.24, 2.45) is 0 Å². The summed E-state index contributed by atoms with van der Waals surface area (Å²) in [5, 5.41) is 14.3. The molecule has 1 amide bonds. The lowest BCUT2D eigenvalue weighted by molar-refractivity contribution is 0.102. The fraction of sp³-hybridized carbons (Fsp3) is 0.316. The minimum absolute atomic E-state index is 0.172. The summed E-state index contributed by atoms with van der Waals surface area (Å²) < 4.78 is 5.36. The van der Waals surface area contributed by atoms with E-state index in [-0.39, 0.29) is 11.8 Å². The van der Waals surface area contributed by atoms with E-state index in [1.165, 1.54) is 0 Å². The van der Waals surface area contributed by atoms with Crippen molar-refractivity contribution in [2.75, 3.05) is 25.5 Å². The number of aromatic amines is 1. The van der Waals surface area contributed by atoms with Gasteiger partial charge in [0.05, 0.1) is 30.3 Å². The number of hydrogen-bond acceptors (Lipinski definition) is 5. The molecule has 26 heavy (non-hydrogen) atoms. The van der Waals surface area contributed by atoms with Crippen LogP contribution in [-0.2, 0) is 0 Å². The SMILES string of the molecule is COc1ccc(NC(=O)c2cn[nH]c2C2CCCNC2)c2cccnc12. The highest BCUT2D eigenvalue weighted by Crippen LogP contribution is 2.31. The Morgan fingerprint density at radius 1 is 1.35 bits per heavy atom. The third-order valence-corrected chi connectivity index (χ3v) is 4.82. The summed E-state index contributed by atoms with van der Waals surface area (Å²) in [7, 11) is 1.61. The van der Waals surface area contributed by atoms with E-state index in [1.807, 2.05) is 24.3 Å². The van der Waals surface area contributed by atoms with Gasteiger partial charge in [-0.05, 0) is 43.7 Å². The number of nitrogens with one attached hydrogen (secondary N) is 3. The van der Waals surface area contributed by atoms with E-state index >= 15 is 0 Å². The number of methoxy groups -OCH3 is 1. The first-order valence-corrected chi connectivity index (χ1v) is 8.75. The van der Waals surface area contributed by atoms with Crippen LogP contribution in [0.2, 0.25) is 0 Å². The van der Waals surface area contributed by atoms with Crippen molar-refractivity contribution < 1.29 is 9.53 Å². The van der Waals surface area contributed by atoms with Crippen LogP contribution in [0, 0.1) is 0 Å². The molecule has 1 saturated heterocycles. The predicted octanol–water partition coefficient (Wildman–Crippen LogP) is 2.69. The molecular weight excluding hydrogens is 330 g/mol. The lowest BCUT2D eigenvalue weighted by atomic mass is 9.93. The number of benzene rings is 1. The van der Waals surface area contributed by atoms with Gasteiger partial charge in [-0.1, -0.05) is 0 Å². The number of amides is 1. The molecule has 7 nitrogen and oxygen atoms in total. The minimum atomic E-state index is -0.172. The summed E-state index contributed by atoms with van der Waals surface area (Å²) in [5.41, 5.74) is 2.90. The first-order valence-electron chi connectivity index (χ1n) is 8.75. The summed E-state index contributed by atoms with van der Waals surface area (Å²) in [6.45, 7) is 1.88. The quantitative estimate of drug-likeness (QED) is 0.672. The van der Waals surface area contributed by atoms with Crippen LogP contribution in [0.3, 0.4) is 0 Å². The number of rotatable bonds is 4. The molecule has 3 aromatic rings. The second kappa shape index (κ2) is 7.13. The maximum absolute atomic E-state index is 12.9. The zero-order valence-corrected chi connectivity index (χ0v) is 14.6. The summed E-state index contributed by atoms with van der Waals surface area (Å²) in [6.07, 6.45) is 5.45. The fourth-order valence-electron chi connectivity index (χ4n) is 3.50. The summed E-state index contributed by atoms with van der Waals surface area (Å²) in [5.74, 6) is 0.784. The normalized spacial score (nSPS) is 17.2. The third-order valence-electron chi connectivity index (χ3n) is 4.82. The van der Waals surface area contributed by atoms with Gasteiger partial charge in [0.2, 0.25) is 0 Å². The van der Waals surface area contributed by atoms with Crippen molar-refractivity contribution in [2.45, 2.75) is 18.8 Å². The number of anilines is 1. The Morgan fingerprint density at radius 2 is 2.27 bits per heavy atom. The molecule has 0 spiro atoms. The fourth-order valence-corrected chi connectivity index (χ4v) is 3.50. The van der Waals surface area contributed by atoms with Crippen molar-refractivity contribution in [1.29, 1.82) is 0 Å². The van der Waals surface area contributed by atoms with Crippen LogP contribution in [0.4, 0.5) is 5.69 Å². The van der Waals surface area contributed by atoms with E-state index in [1.54, 1.807) is 19.5 Å². The highest BCUT2D eigenvalue weighted by molar-refractivity contribution is 6.09. The standard InChI is InChI=1S/C19H21N5O2/c1-26-16-7-6-15(13-5-3-9-21-18(13)16)23-19(25)14-11-22-24-17(14)12-4-2-8-20-10-12/h3,5-7,9,11-12,20H,2,4,8,10H2,1H3,(H,22,24)(H,23,25). The zero-order chi connectivity index (χ0) is 17.9. The molecule has 1 aliphatic rings. The lowest BCUT2D eigenvalue weighted by Gasteiger charge is -2.22. The molecule has 134 valence electrons. The minimum Gasteiger partial charge on any atom is -0.494 e. The molecular formula is C19H21N5O2. The second-order valence-corrected chi connectivity index (χ2v) is 6.41. The number of H-pyrrole nitrogens is 1. The van der Waals surface area contributed by atoms with Gasteiger partial charge in [0.25, 0.3) is 5.91 Å². The van der Waals surface area contributed by atoms with Gasteiger partial charge in [0.1, 0.15) is 11.3 Å². The maximum Gasteiger partial charge on any atom is 0.259 e. The average molecular weight is 351 g/mol. The van der Waals surface area contributed by atoms with E-state index in [9.17, 15) is 4.79 Å². The first-order chi connectivity index (χ1) is 12.8. The largest absolute Gasteiger partial charge is 0.494 e. The molecule has 7 heteroatoms. The molecule has 3 N–H and O–H groups in total. The molecule has 1 aromatic carbocycles. The topological polar surface area (TPSA) is 91.9 Å². The molecule has 1 atom stereocenters. The van der Waals surface area contributed by atoms with E-state index in [4.69, 9.17) is 4.74 Å². The Morgan fingerprint density at radius 3 is 3.08 bits per heavy atom. The van der Waals surface area contributed by atoms with E-state index in [0.29, 0.717) is 17.0 Å². The van der Waals surface area contributed by atoms with Gasteiger partial charge in [-0.25, -0.2) is 0 Å². The predicted molar refractivity (Wildman–Crippen MR) is 99.7 cm³/mol. The Balaban J connectivity index is 1.64. The number of aromatic nitrogens is 3. The smallest absolute Gasteiger partial charge is 0.259 e. The van der Waals surface area contributed by atoms with Gasteiger partial charge in [-0.15, -0.1) is 0 Å². The van der Waals surface area contributed by atoms with Crippen LogP contribution in [0.25, 0.3) is 10.9 Å². The Bertz CT molecular complexity index is 931. The van der Waals surface area contributed by atoms with E-state index in [2.05, 4.69) is 25.8 Å². The van der Waals surface area contributed by atoms with Crippen LogP contribution in [0.5, 0.6) is 5.75 Å². The van der Waals surface area contributed by atoms with Crippen molar-refractivity contribution in [3.63, 3.8) is 0 Å². The van der Waals surface area contributed by atoms with Gasteiger partial charge in [0.15, 0.2) is 0 Å². The summed E-state index contributed by atoms with van der Waals surface area (Å²) in [4.78, 5) is 17.3. The van der Waals surface area contributed by atoms with Gasteiger partial charge >= 0.3 is 0 Å². The van der Waals surface area contributed by atoms with Crippen molar-refractivity contribution in [1.82, 2.24) is 20.5 Å². The van der Waals surface area contributed by atoms with Crippen molar-refractivity contribution in [3.05, 3.63) is 47.9 Å². The molecule has 0 bridgehead atoms. The Labute approximate surface area is 151 Å².